The average molecular weight is 207 g/mol. The van der Waals surface area contributed by atoms with Crippen molar-refractivity contribution in [1.29, 1.82) is 0 Å². The average Bonchev–Trinajstić information content (AvgIpc) is 2.53. The maximum absolute atomic E-state index is 11.4. The van der Waals surface area contributed by atoms with Gasteiger partial charge in [-0.05, 0) is 6.07 Å². The number of fused-ring (bicyclic) bond motifs is 1. The summed E-state index contributed by atoms with van der Waals surface area (Å²) in [6.07, 6.45) is 0. The van der Waals surface area contributed by atoms with Gasteiger partial charge >= 0.3 is 0 Å². The number of benzene rings is 1. The van der Waals surface area contributed by atoms with Gasteiger partial charge in [0.05, 0.1) is 25.3 Å². The lowest BCUT2D eigenvalue weighted by Crippen LogP contribution is -2.20. The monoisotopic (exact) mass is 207 g/mol. The lowest BCUT2D eigenvalue weighted by Gasteiger charge is -2.07. The molecule has 78 valence electrons. The molecule has 0 fully saturated rings. The highest BCUT2D eigenvalue weighted by Gasteiger charge is 2.31. The van der Waals surface area contributed by atoms with Crippen LogP contribution in [-0.4, -0.2) is 26.0 Å². The van der Waals surface area contributed by atoms with Gasteiger partial charge in [0.1, 0.15) is 11.5 Å². The lowest BCUT2D eigenvalue weighted by molar-refractivity contribution is 0.0879. The third kappa shape index (κ3) is 1.32. The van der Waals surface area contributed by atoms with Crippen molar-refractivity contribution in [3.63, 3.8) is 0 Å². The van der Waals surface area contributed by atoms with E-state index in [1.807, 2.05) is 0 Å². The van der Waals surface area contributed by atoms with E-state index in [0.717, 1.165) is 0 Å². The van der Waals surface area contributed by atoms with Crippen molar-refractivity contribution in [2.45, 2.75) is 0 Å². The number of imide groups is 1. The standard InChI is InChI=1S/C10H9NO4/c1-14-5-3-6-8(7(4-5)15-2)10(13)11-9(6)12/h3-4H,1-2H3,(H,11,12,13). The molecule has 0 radical (unpaired) electrons. The molecule has 1 aromatic rings. The Morgan fingerprint density at radius 3 is 2.40 bits per heavy atom. The summed E-state index contributed by atoms with van der Waals surface area (Å²) in [4.78, 5) is 22.8. The van der Waals surface area contributed by atoms with E-state index in [9.17, 15) is 9.59 Å². The molecular formula is C10H9NO4. The van der Waals surface area contributed by atoms with E-state index in [2.05, 4.69) is 5.32 Å². The van der Waals surface area contributed by atoms with Gasteiger partial charge < -0.3 is 9.47 Å². The number of nitrogens with one attached hydrogen (secondary N) is 1. The van der Waals surface area contributed by atoms with E-state index in [1.54, 1.807) is 6.07 Å². The zero-order valence-electron chi connectivity index (χ0n) is 8.29. The quantitative estimate of drug-likeness (QED) is 0.721. The highest BCUT2D eigenvalue weighted by atomic mass is 16.5. The summed E-state index contributed by atoms with van der Waals surface area (Å²) in [6.45, 7) is 0. The van der Waals surface area contributed by atoms with Crippen LogP contribution in [0.15, 0.2) is 12.1 Å². The minimum absolute atomic E-state index is 0.267. The van der Waals surface area contributed by atoms with Crippen LogP contribution in [0.1, 0.15) is 20.7 Å². The molecule has 0 aromatic heterocycles. The van der Waals surface area contributed by atoms with Gasteiger partial charge in [-0.3, -0.25) is 14.9 Å². The van der Waals surface area contributed by atoms with Crippen molar-refractivity contribution in [3.05, 3.63) is 23.3 Å². The fourth-order valence-corrected chi connectivity index (χ4v) is 1.52. The van der Waals surface area contributed by atoms with Crippen LogP contribution < -0.4 is 14.8 Å². The predicted octanol–water partition coefficient (Wildman–Crippen LogP) is 0.587. The molecule has 1 aromatic carbocycles. The molecule has 0 atom stereocenters. The van der Waals surface area contributed by atoms with E-state index in [1.165, 1.54) is 20.3 Å². The van der Waals surface area contributed by atoms with Crippen molar-refractivity contribution in [2.75, 3.05) is 14.2 Å². The SMILES string of the molecule is COc1cc(OC)c2c(c1)C(=O)NC2=O. The van der Waals surface area contributed by atoms with Gasteiger partial charge in [0.15, 0.2) is 0 Å². The molecule has 0 spiro atoms. The molecule has 1 heterocycles. The van der Waals surface area contributed by atoms with Gasteiger partial charge in [0.25, 0.3) is 11.8 Å². The summed E-state index contributed by atoms with van der Waals surface area (Å²) in [5.74, 6) is -0.0372. The molecule has 0 saturated heterocycles. The van der Waals surface area contributed by atoms with Gasteiger partial charge in [-0.2, -0.15) is 0 Å². The van der Waals surface area contributed by atoms with Crippen LogP contribution in [0.3, 0.4) is 0 Å². The molecule has 0 aliphatic carbocycles. The molecule has 0 unspecified atom stereocenters. The molecule has 0 bridgehead atoms. The zero-order chi connectivity index (χ0) is 11.0. The molecular weight excluding hydrogens is 198 g/mol. The number of hydrogen-bond donors (Lipinski definition) is 1. The van der Waals surface area contributed by atoms with Crippen LogP contribution in [-0.2, 0) is 0 Å². The highest BCUT2D eigenvalue weighted by molar-refractivity contribution is 6.22. The minimum atomic E-state index is -0.436. The van der Waals surface area contributed by atoms with E-state index in [0.29, 0.717) is 11.5 Å². The Hall–Kier alpha value is -2.04. The molecule has 1 aliphatic heterocycles. The van der Waals surface area contributed by atoms with Crippen molar-refractivity contribution >= 4 is 11.8 Å². The Kier molecular flexibility index (Phi) is 2.07. The first-order valence-electron chi connectivity index (χ1n) is 4.29. The summed E-state index contributed by atoms with van der Waals surface area (Å²) < 4.78 is 10.0. The van der Waals surface area contributed by atoms with Crippen LogP contribution in [0.2, 0.25) is 0 Å². The van der Waals surface area contributed by atoms with Gasteiger partial charge in [0.2, 0.25) is 0 Å². The minimum Gasteiger partial charge on any atom is -0.497 e. The van der Waals surface area contributed by atoms with Crippen molar-refractivity contribution in [3.8, 4) is 11.5 Å². The summed E-state index contributed by atoms with van der Waals surface area (Å²) in [5, 5.41) is 2.19. The Morgan fingerprint density at radius 1 is 1.07 bits per heavy atom. The van der Waals surface area contributed by atoms with E-state index in [4.69, 9.17) is 9.47 Å². The smallest absolute Gasteiger partial charge is 0.262 e. The number of carbonyl (C=O) groups is 2. The summed E-state index contributed by atoms with van der Waals surface area (Å²) in [6, 6.07) is 3.08. The number of rotatable bonds is 2. The van der Waals surface area contributed by atoms with Crippen LogP contribution in [0.25, 0.3) is 0 Å². The first-order valence-corrected chi connectivity index (χ1v) is 4.29. The summed E-state index contributed by atoms with van der Waals surface area (Å²) >= 11 is 0. The van der Waals surface area contributed by atoms with Crippen molar-refractivity contribution in [1.82, 2.24) is 5.32 Å². The molecule has 2 rings (SSSR count). The van der Waals surface area contributed by atoms with Crippen LogP contribution in [0, 0.1) is 0 Å². The predicted molar refractivity (Wildman–Crippen MR) is 51.3 cm³/mol. The van der Waals surface area contributed by atoms with Gasteiger partial charge in [-0.15, -0.1) is 0 Å². The van der Waals surface area contributed by atoms with Crippen LogP contribution in [0.5, 0.6) is 11.5 Å². The second kappa shape index (κ2) is 3.27. The number of methoxy groups -OCH3 is 2. The number of amides is 2. The maximum atomic E-state index is 11.4. The van der Waals surface area contributed by atoms with Crippen LogP contribution >= 0.6 is 0 Å². The van der Waals surface area contributed by atoms with Crippen LogP contribution in [0.4, 0.5) is 0 Å². The Bertz CT molecular complexity index is 453. The Labute approximate surface area is 86.0 Å². The summed E-state index contributed by atoms with van der Waals surface area (Å²) in [5.41, 5.74) is 0.555. The second-order valence-corrected chi connectivity index (χ2v) is 3.04. The summed E-state index contributed by atoms with van der Waals surface area (Å²) in [7, 11) is 2.92. The van der Waals surface area contributed by atoms with E-state index in [-0.39, 0.29) is 11.1 Å². The molecule has 1 aliphatic rings. The first-order chi connectivity index (χ1) is 7.17. The molecule has 2 amide bonds. The molecule has 1 N–H and O–H groups in total. The van der Waals surface area contributed by atoms with Crippen molar-refractivity contribution in [2.24, 2.45) is 0 Å². The number of hydrogen-bond acceptors (Lipinski definition) is 4. The molecule has 15 heavy (non-hydrogen) atoms. The van der Waals surface area contributed by atoms with E-state index < -0.39 is 11.8 Å². The Balaban J connectivity index is 2.67. The largest absolute Gasteiger partial charge is 0.497 e. The first kappa shape index (κ1) is 9.51. The van der Waals surface area contributed by atoms with Gasteiger partial charge in [-0.1, -0.05) is 0 Å². The van der Waals surface area contributed by atoms with Crippen molar-refractivity contribution < 1.29 is 19.1 Å². The Morgan fingerprint density at radius 2 is 1.80 bits per heavy atom. The number of carbonyl (C=O) groups excluding carboxylic acids is 2. The third-order valence-corrected chi connectivity index (χ3v) is 2.23. The maximum Gasteiger partial charge on any atom is 0.262 e. The topological polar surface area (TPSA) is 64.6 Å². The lowest BCUT2D eigenvalue weighted by atomic mass is 10.1. The fraction of sp³-hybridized carbons (Fsp3) is 0.200. The molecule has 5 heteroatoms. The molecule has 5 nitrogen and oxygen atoms in total. The van der Waals surface area contributed by atoms with E-state index >= 15 is 0 Å². The second-order valence-electron chi connectivity index (χ2n) is 3.04. The van der Waals surface area contributed by atoms with Gasteiger partial charge in [-0.25, -0.2) is 0 Å². The zero-order valence-corrected chi connectivity index (χ0v) is 8.29. The van der Waals surface area contributed by atoms with Gasteiger partial charge in [0, 0.05) is 6.07 Å². The normalized spacial score (nSPS) is 13.5. The number of ether oxygens (including phenoxy) is 2. The highest BCUT2D eigenvalue weighted by Crippen LogP contribution is 2.31. The third-order valence-electron chi connectivity index (χ3n) is 2.23. The fourth-order valence-electron chi connectivity index (χ4n) is 1.52. The molecule has 0 saturated carbocycles.